The predicted octanol–water partition coefficient (Wildman–Crippen LogP) is 7.44. The lowest BCUT2D eigenvalue weighted by atomic mass is 10.1. The van der Waals surface area contributed by atoms with Gasteiger partial charge in [0.1, 0.15) is 30.1 Å². The fraction of sp³-hybridized carbons (Fsp3) is 0.793. The van der Waals surface area contributed by atoms with Gasteiger partial charge < -0.3 is 18.0 Å². The first-order chi connectivity index (χ1) is 17.4. The summed E-state index contributed by atoms with van der Waals surface area (Å²) < 4.78 is 29.6. The molecule has 0 amide bonds. The lowest BCUT2D eigenvalue weighted by Crippen LogP contribution is -2.54. The van der Waals surface area contributed by atoms with E-state index in [0.717, 1.165) is 0 Å². The van der Waals surface area contributed by atoms with E-state index in [1.54, 1.807) is 10.9 Å². The lowest BCUT2D eigenvalue weighted by molar-refractivity contribution is -0.0491. The molecule has 7 nitrogen and oxygen atoms in total. The number of aromatic nitrogens is 2. The van der Waals surface area contributed by atoms with Crippen LogP contribution < -0.4 is 0 Å². The summed E-state index contributed by atoms with van der Waals surface area (Å²) in [6.07, 6.45) is 5.70. The first-order valence-corrected chi connectivity index (χ1v) is 22.7. The first kappa shape index (κ1) is 34.0. The molecule has 0 bridgehead atoms. The third-order valence-corrected chi connectivity index (χ3v) is 22.9. The van der Waals surface area contributed by atoms with E-state index in [9.17, 15) is 5.26 Å². The van der Waals surface area contributed by atoms with Crippen molar-refractivity contribution in [3.05, 3.63) is 17.7 Å². The molecule has 0 unspecified atom stereocenters. The van der Waals surface area contributed by atoms with Crippen LogP contribution in [0.15, 0.2) is 6.33 Å². The maximum Gasteiger partial charge on any atom is 0.192 e. The number of nitrogens with zero attached hydrogens (tertiary/aromatic N) is 3. The zero-order chi connectivity index (χ0) is 30.4. The minimum atomic E-state index is -2.28. The van der Waals surface area contributed by atoms with Gasteiger partial charge in [0.25, 0.3) is 0 Å². The van der Waals surface area contributed by atoms with Crippen molar-refractivity contribution in [3.8, 4) is 18.4 Å². The van der Waals surface area contributed by atoms with E-state index in [1.807, 2.05) is 0 Å². The normalized spacial score (nSPS) is 23.5. The van der Waals surface area contributed by atoms with Crippen LogP contribution in [-0.2, 0) is 18.0 Å². The van der Waals surface area contributed by atoms with E-state index in [4.69, 9.17) is 24.4 Å². The molecule has 1 fully saturated rings. The van der Waals surface area contributed by atoms with Crippen molar-refractivity contribution >= 4 is 25.0 Å². The van der Waals surface area contributed by atoms with Gasteiger partial charge >= 0.3 is 0 Å². The average Bonchev–Trinajstić information content (AvgIpc) is 3.30. The van der Waals surface area contributed by atoms with Crippen LogP contribution in [0.1, 0.15) is 79.9 Å². The number of hydrogen-bond acceptors (Lipinski definition) is 6. The maximum atomic E-state index is 9.64. The molecule has 39 heavy (non-hydrogen) atoms. The van der Waals surface area contributed by atoms with Crippen LogP contribution in [0.4, 0.5) is 0 Å². The monoisotopic (exact) mass is 591 g/mol. The molecule has 2 rings (SSSR count). The highest BCUT2D eigenvalue weighted by Crippen LogP contribution is 2.46. The Balaban J connectivity index is 2.68. The molecule has 1 saturated heterocycles. The second kappa shape index (κ2) is 11.2. The molecule has 0 N–H and O–H groups in total. The Kier molecular flexibility index (Phi) is 9.75. The zero-order valence-electron chi connectivity index (χ0n) is 27.1. The van der Waals surface area contributed by atoms with Gasteiger partial charge in [-0.15, -0.1) is 6.42 Å². The number of terminal acetylenes is 1. The quantitative estimate of drug-likeness (QED) is 0.231. The summed E-state index contributed by atoms with van der Waals surface area (Å²) in [6, 6.07) is 2.11. The van der Waals surface area contributed by atoms with Gasteiger partial charge in [-0.2, -0.15) is 5.26 Å². The topological polar surface area (TPSA) is 78.5 Å². The van der Waals surface area contributed by atoms with Crippen molar-refractivity contribution < 1.29 is 18.0 Å². The van der Waals surface area contributed by atoms with Crippen molar-refractivity contribution in [2.45, 2.75) is 141 Å². The minimum absolute atomic E-state index is 0.00952. The standard InChI is InChI=1S/C29H53N3O4Si3/c1-17-22-21(18-30)31-20-32(22)26-25(36-39(15,16)29(8,9)10)24(35-38(13,14)28(5,6)7)23(34-26)19-33-37(11,12)27(2,3)4/h1,20,23-26H,19H2,2-16H3/t23-,24-,25-,26-/m1/s1. The Morgan fingerprint density at radius 1 is 0.872 bits per heavy atom. The molecule has 0 spiro atoms. The first-order valence-electron chi connectivity index (χ1n) is 14.0. The van der Waals surface area contributed by atoms with Crippen LogP contribution in [0.25, 0.3) is 0 Å². The molecule has 1 aromatic rings. The molecule has 2 heterocycles. The van der Waals surface area contributed by atoms with Crippen LogP contribution in [-0.4, -0.2) is 59.4 Å². The van der Waals surface area contributed by atoms with Crippen LogP contribution in [0, 0.1) is 23.7 Å². The van der Waals surface area contributed by atoms with Gasteiger partial charge in [0.05, 0.1) is 12.9 Å². The Bertz CT molecular complexity index is 1100. The Labute approximate surface area is 241 Å². The number of ether oxygens (including phenoxy) is 1. The summed E-state index contributed by atoms with van der Waals surface area (Å²) in [5.41, 5.74) is 0.596. The molecule has 0 radical (unpaired) electrons. The van der Waals surface area contributed by atoms with Crippen molar-refractivity contribution in [1.82, 2.24) is 9.55 Å². The van der Waals surface area contributed by atoms with E-state index >= 15 is 0 Å². The summed E-state index contributed by atoms with van der Waals surface area (Å²) in [4.78, 5) is 4.29. The highest BCUT2D eigenvalue weighted by Gasteiger charge is 2.55. The smallest absolute Gasteiger partial charge is 0.192 e. The molecule has 0 aliphatic carbocycles. The van der Waals surface area contributed by atoms with Gasteiger partial charge in [0.2, 0.25) is 0 Å². The lowest BCUT2D eigenvalue weighted by Gasteiger charge is -2.44. The fourth-order valence-electron chi connectivity index (χ4n) is 3.65. The van der Waals surface area contributed by atoms with Gasteiger partial charge in [-0.05, 0) is 60.3 Å². The molecule has 1 aliphatic heterocycles. The second-order valence-electron chi connectivity index (χ2n) is 15.4. The third kappa shape index (κ3) is 7.16. The summed E-state index contributed by atoms with van der Waals surface area (Å²) in [6.45, 7) is 34.0. The van der Waals surface area contributed by atoms with Crippen molar-refractivity contribution in [2.24, 2.45) is 0 Å². The Morgan fingerprint density at radius 2 is 1.33 bits per heavy atom. The number of imidazole rings is 1. The SMILES string of the molecule is C#Cc1c(C#N)ncn1[C@@H]1O[C@H](CO[Si](C)(C)C(C)(C)C)[C@@H](O[Si](C)(C)C(C)(C)C)[C@H]1O[Si](C)(C)C(C)(C)C. The van der Waals surface area contributed by atoms with Crippen molar-refractivity contribution in [1.29, 1.82) is 5.26 Å². The van der Waals surface area contributed by atoms with Gasteiger partial charge in [-0.1, -0.05) is 62.3 Å². The summed E-state index contributed by atoms with van der Waals surface area (Å²) in [5.74, 6) is 2.66. The second-order valence-corrected chi connectivity index (χ2v) is 29.7. The van der Waals surface area contributed by atoms with E-state index in [0.29, 0.717) is 12.3 Å². The average molecular weight is 592 g/mol. The Hall–Kier alpha value is -1.25. The largest absolute Gasteiger partial charge is 0.414 e. The predicted molar refractivity (Wildman–Crippen MR) is 166 cm³/mol. The highest BCUT2D eigenvalue weighted by molar-refractivity contribution is 6.75. The molecule has 10 heteroatoms. The summed E-state index contributed by atoms with van der Waals surface area (Å²) in [5, 5.41) is 9.66. The van der Waals surface area contributed by atoms with Crippen molar-refractivity contribution in [2.75, 3.05) is 6.61 Å². The van der Waals surface area contributed by atoms with E-state index in [2.05, 4.69) is 119 Å². The van der Waals surface area contributed by atoms with Gasteiger partial charge in [-0.3, -0.25) is 4.57 Å². The molecular formula is C29H53N3O4Si3. The summed E-state index contributed by atoms with van der Waals surface area (Å²) >= 11 is 0. The highest BCUT2D eigenvalue weighted by atomic mass is 28.4. The van der Waals surface area contributed by atoms with Crippen LogP contribution in [0.3, 0.4) is 0 Å². The number of nitriles is 1. The van der Waals surface area contributed by atoms with Crippen molar-refractivity contribution in [3.63, 3.8) is 0 Å². The molecule has 1 aliphatic rings. The molecule has 0 aromatic carbocycles. The van der Waals surface area contributed by atoms with Crippen LogP contribution >= 0.6 is 0 Å². The van der Waals surface area contributed by atoms with E-state index in [1.165, 1.54) is 0 Å². The molecule has 0 saturated carbocycles. The Morgan fingerprint density at radius 3 is 1.74 bits per heavy atom. The van der Waals surface area contributed by atoms with Gasteiger partial charge in [0.15, 0.2) is 36.9 Å². The fourth-order valence-corrected chi connectivity index (χ4v) is 7.27. The minimum Gasteiger partial charge on any atom is -0.414 e. The molecule has 220 valence electrons. The summed E-state index contributed by atoms with van der Waals surface area (Å²) in [7, 11) is -6.60. The van der Waals surface area contributed by atoms with E-state index < -0.39 is 37.3 Å². The zero-order valence-corrected chi connectivity index (χ0v) is 30.1. The van der Waals surface area contributed by atoms with Gasteiger partial charge in [-0.25, -0.2) is 4.98 Å². The third-order valence-electron chi connectivity index (χ3n) is 9.48. The maximum absolute atomic E-state index is 9.64. The van der Waals surface area contributed by atoms with Crippen LogP contribution in [0.5, 0.6) is 0 Å². The molecular weight excluding hydrogens is 539 g/mol. The van der Waals surface area contributed by atoms with Crippen LogP contribution in [0.2, 0.25) is 54.4 Å². The molecule has 1 aromatic heterocycles. The molecule has 4 atom stereocenters. The van der Waals surface area contributed by atoms with E-state index in [-0.39, 0.29) is 33.0 Å². The van der Waals surface area contributed by atoms with Gasteiger partial charge in [0, 0.05) is 0 Å². The number of rotatable bonds is 8. The number of hydrogen-bond donors (Lipinski definition) is 0.